The van der Waals surface area contributed by atoms with Crippen molar-refractivity contribution in [3.63, 3.8) is 0 Å². The number of anilines is 1. The lowest BCUT2D eigenvalue weighted by Gasteiger charge is -2.12. The van der Waals surface area contributed by atoms with Gasteiger partial charge in [-0.3, -0.25) is 9.12 Å². The van der Waals surface area contributed by atoms with E-state index >= 15 is 0 Å². The Morgan fingerprint density at radius 1 is 1.10 bits per heavy atom. The highest BCUT2D eigenvalue weighted by Crippen LogP contribution is 2.29. The van der Waals surface area contributed by atoms with Gasteiger partial charge in [-0.25, -0.2) is 13.4 Å². The zero-order chi connectivity index (χ0) is 20.3. The fourth-order valence-electron chi connectivity index (χ4n) is 2.81. The lowest BCUT2D eigenvalue weighted by atomic mass is 10.1. The van der Waals surface area contributed by atoms with Gasteiger partial charge in [-0.2, -0.15) is 0 Å². The molecule has 0 atom stereocenters. The van der Waals surface area contributed by atoms with Crippen molar-refractivity contribution in [1.29, 1.82) is 0 Å². The Bertz CT molecular complexity index is 1190. The Labute approximate surface area is 172 Å². The van der Waals surface area contributed by atoms with Crippen molar-refractivity contribution in [2.24, 2.45) is 0 Å². The molecule has 9 heteroatoms. The molecule has 2 aromatic carbocycles. The third-order valence-corrected chi connectivity index (χ3v) is 6.25. The first-order valence-corrected chi connectivity index (χ1v) is 11.4. The van der Waals surface area contributed by atoms with E-state index < -0.39 is 10.0 Å². The summed E-state index contributed by atoms with van der Waals surface area (Å²) < 4.78 is 40.3. The molecule has 150 valence electrons. The van der Waals surface area contributed by atoms with Crippen molar-refractivity contribution in [3.05, 3.63) is 66.3 Å². The summed E-state index contributed by atoms with van der Waals surface area (Å²) in [5.74, 6) is 1.12. The molecule has 0 radical (unpaired) electrons. The van der Waals surface area contributed by atoms with Gasteiger partial charge < -0.3 is 9.47 Å². The predicted octanol–water partition coefficient (Wildman–Crippen LogP) is 3.89. The van der Waals surface area contributed by atoms with Gasteiger partial charge in [0.25, 0.3) is 0 Å². The minimum Gasteiger partial charge on any atom is -0.497 e. The Balaban J connectivity index is 1.44. The van der Waals surface area contributed by atoms with Crippen LogP contribution in [0.2, 0.25) is 0 Å². The van der Waals surface area contributed by atoms with Crippen molar-refractivity contribution < 1.29 is 17.9 Å². The van der Waals surface area contributed by atoms with E-state index in [1.165, 1.54) is 11.3 Å². The van der Waals surface area contributed by atoms with Gasteiger partial charge in [0.15, 0.2) is 4.96 Å². The number of hydrogen-bond donors (Lipinski definition) is 1. The van der Waals surface area contributed by atoms with Gasteiger partial charge in [0.1, 0.15) is 23.9 Å². The Hall–Kier alpha value is -3.04. The third kappa shape index (κ3) is 4.52. The van der Waals surface area contributed by atoms with Crippen molar-refractivity contribution in [3.8, 4) is 22.8 Å². The number of sulfonamides is 1. The molecular formula is C20H19N3O4S2. The van der Waals surface area contributed by atoms with Crippen LogP contribution in [0.4, 0.5) is 5.69 Å². The van der Waals surface area contributed by atoms with Gasteiger partial charge in [0, 0.05) is 23.3 Å². The van der Waals surface area contributed by atoms with Crippen molar-refractivity contribution in [2.45, 2.75) is 0 Å². The molecule has 0 aliphatic carbocycles. The largest absolute Gasteiger partial charge is 0.497 e. The smallest absolute Gasteiger partial charge is 0.236 e. The first-order chi connectivity index (χ1) is 14.0. The number of fused-ring (bicyclic) bond motifs is 1. The molecule has 4 aromatic rings. The number of para-hydroxylation sites is 1. The number of aromatic nitrogens is 2. The highest BCUT2D eigenvalue weighted by atomic mass is 32.2. The van der Waals surface area contributed by atoms with E-state index in [1.54, 1.807) is 43.5 Å². The topological polar surface area (TPSA) is 81.9 Å². The molecule has 0 fully saturated rings. The monoisotopic (exact) mass is 429 g/mol. The van der Waals surface area contributed by atoms with Crippen LogP contribution in [-0.2, 0) is 10.0 Å². The maximum atomic E-state index is 12.6. The number of hydrogen-bond acceptors (Lipinski definition) is 6. The van der Waals surface area contributed by atoms with Crippen molar-refractivity contribution in [2.75, 3.05) is 24.2 Å². The maximum absolute atomic E-state index is 12.6. The van der Waals surface area contributed by atoms with Gasteiger partial charge in [-0.1, -0.05) is 18.2 Å². The number of nitrogens with zero attached hydrogens (tertiary/aromatic N) is 2. The standard InChI is InChI=1S/C20H19N3O4S2/c1-26-15-6-8-16(9-7-15)27-11-13-29(24,25)22-18-5-3-2-4-17(18)19-14-23-10-12-28-20(23)21-19/h2-10,12,14,22H,11,13H2,1H3. The van der Waals surface area contributed by atoms with Gasteiger partial charge >= 0.3 is 0 Å². The minimum atomic E-state index is -3.60. The summed E-state index contributed by atoms with van der Waals surface area (Å²) in [5, 5.41) is 1.95. The quantitative estimate of drug-likeness (QED) is 0.459. The SMILES string of the molecule is COc1ccc(OCCS(=O)(=O)Nc2ccccc2-c2cn3ccsc3n2)cc1. The molecular weight excluding hydrogens is 410 g/mol. The molecule has 0 amide bonds. The molecule has 2 heterocycles. The summed E-state index contributed by atoms with van der Waals surface area (Å²) in [5.41, 5.74) is 1.93. The normalized spacial score (nSPS) is 11.5. The number of methoxy groups -OCH3 is 1. The average molecular weight is 430 g/mol. The van der Waals surface area contributed by atoms with Crippen LogP contribution in [-0.4, -0.2) is 37.3 Å². The molecule has 1 N–H and O–H groups in total. The highest BCUT2D eigenvalue weighted by Gasteiger charge is 2.16. The van der Waals surface area contributed by atoms with Crippen molar-refractivity contribution >= 4 is 32.0 Å². The number of thiazole rings is 1. The van der Waals surface area contributed by atoms with Crippen LogP contribution in [0.3, 0.4) is 0 Å². The van der Waals surface area contributed by atoms with Gasteiger partial charge in [-0.15, -0.1) is 11.3 Å². The Morgan fingerprint density at radius 2 is 1.86 bits per heavy atom. The van der Waals surface area contributed by atoms with E-state index in [0.29, 0.717) is 22.9 Å². The number of benzene rings is 2. The maximum Gasteiger partial charge on any atom is 0.236 e. The van der Waals surface area contributed by atoms with Crippen LogP contribution < -0.4 is 14.2 Å². The Kier molecular flexibility index (Phi) is 5.41. The number of nitrogens with one attached hydrogen (secondary N) is 1. The van der Waals surface area contributed by atoms with Crippen LogP contribution in [0.5, 0.6) is 11.5 Å². The van der Waals surface area contributed by atoms with Crippen molar-refractivity contribution in [1.82, 2.24) is 9.38 Å². The summed E-state index contributed by atoms with van der Waals surface area (Å²) in [4.78, 5) is 5.41. The minimum absolute atomic E-state index is 0.0318. The van der Waals surface area contributed by atoms with E-state index in [9.17, 15) is 8.42 Å². The first-order valence-electron chi connectivity index (χ1n) is 8.83. The fraction of sp³-hybridized carbons (Fsp3) is 0.150. The van der Waals surface area contributed by atoms with Gasteiger partial charge in [0.05, 0.1) is 18.5 Å². The second-order valence-corrected chi connectivity index (χ2v) is 8.92. The molecule has 0 spiro atoms. The number of imidazole rings is 1. The van der Waals surface area contributed by atoms with E-state index in [2.05, 4.69) is 9.71 Å². The molecule has 0 aliphatic heterocycles. The van der Waals surface area contributed by atoms with Gasteiger partial charge in [0.2, 0.25) is 10.0 Å². The highest BCUT2D eigenvalue weighted by molar-refractivity contribution is 7.92. The summed E-state index contributed by atoms with van der Waals surface area (Å²) in [7, 11) is -2.01. The number of rotatable bonds is 8. The number of ether oxygens (including phenoxy) is 2. The van der Waals surface area contributed by atoms with Crippen LogP contribution in [0.15, 0.2) is 66.3 Å². The lowest BCUT2D eigenvalue weighted by Crippen LogP contribution is -2.21. The molecule has 0 saturated heterocycles. The molecule has 7 nitrogen and oxygen atoms in total. The Morgan fingerprint density at radius 3 is 2.62 bits per heavy atom. The summed E-state index contributed by atoms with van der Waals surface area (Å²) >= 11 is 1.52. The molecule has 2 aromatic heterocycles. The van der Waals surface area contributed by atoms with E-state index in [4.69, 9.17) is 9.47 Å². The fourth-order valence-corrected chi connectivity index (χ4v) is 4.43. The van der Waals surface area contributed by atoms with E-state index in [-0.39, 0.29) is 12.4 Å². The predicted molar refractivity (Wildman–Crippen MR) is 114 cm³/mol. The zero-order valence-corrected chi connectivity index (χ0v) is 17.2. The third-order valence-electron chi connectivity index (χ3n) is 4.24. The lowest BCUT2D eigenvalue weighted by molar-refractivity contribution is 0.340. The van der Waals surface area contributed by atoms with E-state index in [0.717, 1.165) is 10.5 Å². The van der Waals surface area contributed by atoms with Crippen LogP contribution in [0.1, 0.15) is 0 Å². The second-order valence-electron chi connectivity index (χ2n) is 6.21. The zero-order valence-electron chi connectivity index (χ0n) is 15.6. The van der Waals surface area contributed by atoms with Crippen LogP contribution >= 0.6 is 11.3 Å². The molecule has 0 unspecified atom stereocenters. The summed E-state index contributed by atoms with van der Waals surface area (Å²) in [6.07, 6.45) is 3.80. The molecule has 0 saturated carbocycles. The summed E-state index contributed by atoms with van der Waals surface area (Å²) in [6.45, 7) is 0.0318. The average Bonchev–Trinajstić information content (AvgIpc) is 3.31. The van der Waals surface area contributed by atoms with Crippen LogP contribution in [0.25, 0.3) is 16.2 Å². The molecule has 29 heavy (non-hydrogen) atoms. The van der Waals surface area contributed by atoms with Crippen LogP contribution in [0, 0.1) is 0 Å². The molecule has 4 rings (SSSR count). The first kappa shape index (κ1) is 19.3. The molecule has 0 bridgehead atoms. The molecule has 0 aliphatic rings. The van der Waals surface area contributed by atoms with E-state index in [1.807, 2.05) is 34.3 Å². The van der Waals surface area contributed by atoms with Gasteiger partial charge in [-0.05, 0) is 30.3 Å². The summed E-state index contributed by atoms with van der Waals surface area (Å²) in [6, 6.07) is 14.2. The second kappa shape index (κ2) is 8.14.